The van der Waals surface area contributed by atoms with Gasteiger partial charge in [0.05, 0.1) is 0 Å². The zero-order valence-corrected chi connectivity index (χ0v) is 14.0. The summed E-state index contributed by atoms with van der Waals surface area (Å²) in [6.07, 6.45) is 2.37. The second kappa shape index (κ2) is 6.73. The Labute approximate surface area is 128 Å². The van der Waals surface area contributed by atoms with Crippen LogP contribution in [0.2, 0.25) is 0 Å². The van der Waals surface area contributed by atoms with Crippen LogP contribution in [-0.2, 0) is 14.8 Å². The molecule has 0 radical (unpaired) electrons. The molecule has 21 heavy (non-hydrogen) atoms. The van der Waals surface area contributed by atoms with Crippen LogP contribution in [0.3, 0.4) is 0 Å². The van der Waals surface area contributed by atoms with Crippen molar-refractivity contribution in [1.29, 1.82) is 0 Å². The summed E-state index contributed by atoms with van der Waals surface area (Å²) in [5.74, 6) is 0.406. The van der Waals surface area contributed by atoms with E-state index in [0.29, 0.717) is 36.9 Å². The maximum Gasteiger partial charge on any atom is 0.262 e. The van der Waals surface area contributed by atoms with Crippen LogP contribution < -0.4 is 5.32 Å². The highest BCUT2D eigenvalue weighted by Gasteiger charge is 2.29. The Kier molecular flexibility index (Phi) is 5.20. The van der Waals surface area contributed by atoms with Gasteiger partial charge in [0.15, 0.2) is 15.8 Å². The van der Waals surface area contributed by atoms with Gasteiger partial charge in [-0.1, -0.05) is 0 Å². The highest BCUT2D eigenvalue weighted by atomic mass is 32.2. The molecule has 0 fully saturated rings. The summed E-state index contributed by atoms with van der Waals surface area (Å²) in [5.41, 5.74) is 0. The molecule has 0 bridgehead atoms. The van der Waals surface area contributed by atoms with Gasteiger partial charge in [-0.3, -0.25) is 4.40 Å². The van der Waals surface area contributed by atoms with Crippen molar-refractivity contribution in [2.75, 3.05) is 39.2 Å². The van der Waals surface area contributed by atoms with Gasteiger partial charge in [-0.05, 0) is 13.3 Å². The fraction of sp³-hybridized carbons (Fsp3) is 0.583. The number of rotatable bonds is 8. The van der Waals surface area contributed by atoms with E-state index >= 15 is 0 Å². The first-order chi connectivity index (χ1) is 10.0. The van der Waals surface area contributed by atoms with E-state index < -0.39 is 10.0 Å². The number of thiazole rings is 1. The number of anilines is 1. The maximum absolute atomic E-state index is 12.8. The fourth-order valence-electron chi connectivity index (χ4n) is 1.99. The van der Waals surface area contributed by atoms with E-state index in [1.54, 1.807) is 24.8 Å². The first-order valence-corrected chi connectivity index (χ1v) is 8.99. The molecule has 0 aromatic carbocycles. The molecule has 2 rings (SSSR count). The topological polar surface area (TPSA) is 75.9 Å². The first kappa shape index (κ1) is 16.2. The standard InChI is InChI=1S/C12H20N4O3S2/c1-4-13-10-11(16-7-9-20-12(16)14-10)21(17,18)15(2)6-5-8-19-3/h7,9,13H,4-6,8H2,1-3H3. The smallest absolute Gasteiger partial charge is 0.262 e. The SMILES string of the molecule is CCNc1nc2sccn2c1S(=O)(=O)N(C)CCCOC. The summed E-state index contributed by atoms with van der Waals surface area (Å²) in [5, 5.41) is 5.04. The van der Waals surface area contributed by atoms with Gasteiger partial charge in [0.2, 0.25) is 0 Å². The molecule has 2 aromatic rings. The summed E-state index contributed by atoms with van der Waals surface area (Å²) < 4.78 is 33.5. The minimum atomic E-state index is -3.60. The molecule has 0 amide bonds. The van der Waals surface area contributed by atoms with Crippen LogP contribution in [0.5, 0.6) is 0 Å². The van der Waals surface area contributed by atoms with Crippen LogP contribution in [0, 0.1) is 0 Å². The molecule has 0 saturated heterocycles. The number of methoxy groups -OCH3 is 1. The Balaban J connectivity index is 2.38. The summed E-state index contributed by atoms with van der Waals surface area (Å²) in [6, 6.07) is 0. The number of nitrogens with zero attached hydrogens (tertiary/aromatic N) is 3. The Morgan fingerprint density at radius 3 is 2.95 bits per heavy atom. The summed E-state index contributed by atoms with van der Waals surface area (Å²) in [4.78, 5) is 5.01. The number of fused-ring (bicyclic) bond motifs is 1. The van der Waals surface area contributed by atoms with Crippen LogP contribution in [0.25, 0.3) is 4.96 Å². The van der Waals surface area contributed by atoms with Crippen molar-refractivity contribution in [3.8, 4) is 0 Å². The zero-order chi connectivity index (χ0) is 15.5. The minimum Gasteiger partial charge on any atom is -0.385 e. The van der Waals surface area contributed by atoms with Crippen molar-refractivity contribution in [3.63, 3.8) is 0 Å². The lowest BCUT2D eigenvalue weighted by Crippen LogP contribution is -2.30. The number of ether oxygens (including phenoxy) is 1. The lowest BCUT2D eigenvalue weighted by Gasteiger charge is -2.17. The molecule has 2 heterocycles. The fourth-order valence-corrected chi connectivity index (χ4v) is 4.19. The van der Waals surface area contributed by atoms with Gasteiger partial charge in [0.1, 0.15) is 0 Å². The Bertz CT molecular complexity index is 692. The average molecular weight is 332 g/mol. The normalized spacial score (nSPS) is 12.4. The van der Waals surface area contributed by atoms with Gasteiger partial charge in [-0.15, -0.1) is 11.3 Å². The zero-order valence-electron chi connectivity index (χ0n) is 12.4. The lowest BCUT2D eigenvalue weighted by atomic mass is 10.5. The molecule has 0 atom stereocenters. The Morgan fingerprint density at radius 1 is 1.52 bits per heavy atom. The molecule has 0 aliphatic heterocycles. The van der Waals surface area contributed by atoms with Gasteiger partial charge in [0.25, 0.3) is 10.0 Å². The number of imidazole rings is 1. The van der Waals surface area contributed by atoms with E-state index in [4.69, 9.17) is 4.74 Å². The van der Waals surface area contributed by atoms with E-state index in [-0.39, 0.29) is 5.03 Å². The van der Waals surface area contributed by atoms with Gasteiger partial charge < -0.3 is 10.1 Å². The highest BCUT2D eigenvalue weighted by molar-refractivity contribution is 7.89. The van der Waals surface area contributed by atoms with Gasteiger partial charge >= 0.3 is 0 Å². The summed E-state index contributed by atoms with van der Waals surface area (Å²) in [6.45, 7) is 3.45. The van der Waals surface area contributed by atoms with Crippen LogP contribution in [0.15, 0.2) is 16.6 Å². The van der Waals surface area contributed by atoms with Crippen LogP contribution in [-0.4, -0.2) is 56.0 Å². The molecule has 0 spiro atoms. The number of aromatic nitrogens is 2. The summed E-state index contributed by atoms with van der Waals surface area (Å²) in [7, 11) is -0.426. The molecular formula is C12H20N4O3S2. The van der Waals surface area contributed by atoms with E-state index in [0.717, 1.165) is 0 Å². The van der Waals surface area contributed by atoms with Gasteiger partial charge in [-0.2, -0.15) is 4.31 Å². The first-order valence-electron chi connectivity index (χ1n) is 6.67. The molecular weight excluding hydrogens is 312 g/mol. The molecule has 0 unspecified atom stereocenters. The van der Waals surface area contributed by atoms with Crippen molar-refractivity contribution < 1.29 is 13.2 Å². The van der Waals surface area contributed by atoms with Crippen molar-refractivity contribution in [2.24, 2.45) is 0 Å². The van der Waals surface area contributed by atoms with E-state index in [9.17, 15) is 8.42 Å². The number of nitrogens with one attached hydrogen (secondary N) is 1. The molecule has 1 N–H and O–H groups in total. The van der Waals surface area contributed by atoms with Crippen molar-refractivity contribution in [3.05, 3.63) is 11.6 Å². The van der Waals surface area contributed by atoms with E-state index in [1.807, 2.05) is 12.3 Å². The third-order valence-electron chi connectivity index (χ3n) is 3.04. The molecule has 2 aromatic heterocycles. The number of hydrogen-bond acceptors (Lipinski definition) is 6. The van der Waals surface area contributed by atoms with Crippen LogP contribution >= 0.6 is 11.3 Å². The van der Waals surface area contributed by atoms with Crippen LogP contribution in [0.4, 0.5) is 5.82 Å². The van der Waals surface area contributed by atoms with Gasteiger partial charge in [0, 0.05) is 45.4 Å². The predicted molar refractivity (Wildman–Crippen MR) is 83.5 cm³/mol. The summed E-state index contributed by atoms with van der Waals surface area (Å²) >= 11 is 1.41. The van der Waals surface area contributed by atoms with Gasteiger partial charge in [-0.25, -0.2) is 13.4 Å². The second-order valence-corrected chi connectivity index (χ2v) is 7.36. The largest absolute Gasteiger partial charge is 0.385 e. The molecule has 9 heteroatoms. The third kappa shape index (κ3) is 3.20. The maximum atomic E-state index is 12.8. The molecule has 0 aliphatic carbocycles. The van der Waals surface area contributed by atoms with Crippen molar-refractivity contribution >= 4 is 32.1 Å². The minimum absolute atomic E-state index is 0.195. The molecule has 0 aliphatic rings. The predicted octanol–water partition coefficient (Wildman–Crippen LogP) is 1.48. The monoisotopic (exact) mass is 332 g/mol. The van der Waals surface area contributed by atoms with Crippen LogP contribution in [0.1, 0.15) is 13.3 Å². The van der Waals surface area contributed by atoms with Crippen molar-refractivity contribution in [1.82, 2.24) is 13.7 Å². The number of hydrogen-bond donors (Lipinski definition) is 1. The number of sulfonamides is 1. The lowest BCUT2D eigenvalue weighted by molar-refractivity contribution is 0.189. The Morgan fingerprint density at radius 2 is 2.29 bits per heavy atom. The van der Waals surface area contributed by atoms with E-state index in [2.05, 4.69) is 10.3 Å². The second-order valence-electron chi connectivity index (χ2n) is 4.52. The molecule has 118 valence electrons. The molecule has 7 nitrogen and oxygen atoms in total. The average Bonchev–Trinajstić information content (AvgIpc) is 2.99. The van der Waals surface area contributed by atoms with E-state index in [1.165, 1.54) is 15.6 Å². The molecule has 0 saturated carbocycles. The highest BCUT2D eigenvalue weighted by Crippen LogP contribution is 2.27. The quantitative estimate of drug-likeness (QED) is 0.741. The van der Waals surface area contributed by atoms with Crippen molar-refractivity contribution in [2.45, 2.75) is 18.4 Å². The Hall–Kier alpha value is -1.16. The third-order valence-corrected chi connectivity index (χ3v) is 5.68.